The maximum absolute atomic E-state index is 12.1. The lowest BCUT2D eigenvalue weighted by atomic mass is 10.1. The van der Waals surface area contributed by atoms with Crippen LogP contribution in [0.2, 0.25) is 0 Å². The molecular formula is C19H18BrN5O9S. The summed E-state index contributed by atoms with van der Waals surface area (Å²) < 4.78 is 30.6. The van der Waals surface area contributed by atoms with Crippen LogP contribution in [0.25, 0.3) is 0 Å². The van der Waals surface area contributed by atoms with Crippen molar-refractivity contribution < 1.29 is 42.5 Å². The van der Waals surface area contributed by atoms with E-state index in [1.165, 1.54) is 4.72 Å². The van der Waals surface area contributed by atoms with Gasteiger partial charge >= 0.3 is 22.3 Å². The highest BCUT2D eigenvalue weighted by Crippen LogP contribution is 2.31. The predicted molar refractivity (Wildman–Crippen MR) is 121 cm³/mol. The number of benzene rings is 2. The average molecular weight is 572 g/mol. The van der Waals surface area contributed by atoms with E-state index >= 15 is 0 Å². The number of hydrogen-bond acceptors (Lipinski definition) is 9. The maximum atomic E-state index is 12.1. The van der Waals surface area contributed by atoms with E-state index in [2.05, 4.69) is 21.2 Å². The highest BCUT2D eigenvalue weighted by Gasteiger charge is 2.43. The van der Waals surface area contributed by atoms with Crippen molar-refractivity contribution in [2.45, 2.75) is 12.6 Å². The van der Waals surface area contributed by atoms with Crippen molar-refractivity contribution in [1.82, 2.24) is 25.2 Å². The molecule has 5 amide bonds. The Morgan fingerprint density at radius 2 is 1.77 bits per heavy atom. The molecule has 3 rings (SSSR count). The number of likely N-dealkylation sites (tertiary alicyclic amines) is 1. The van der Waals surface area contributed by atoms with Gasteiger partial charge in [0.1, 0.15) is 12.6 Å². The monoisotopic (exact) mass is 571 g/mol. The molecule has 1 atom stereocenters. The molecular weight excluding hydrogens is 554 g/mol. The van der Waals surface area contributed by atoms with Gasteiger partial charge in [-0.3, -0.25) is 19.9 Å². The number of phenols is 2. The molecule has 1 aliphatic heterocycles. The third-order valence-electron chi connectivity index (χ3n) is 4.51. The van der Waals surface area contributed by atoms with Crippen molar-refractivity contribution in [3.63, 3.8) is 0 Å². The van der Waals surface area contributed by atoms with Crippen molar-refractivity contribution in [1.29, 1.82) is 0 Å². The number of nitrogens with one attached hydrogen (secondary N) is 4. The second kappa shape index (κ2) is 10.6. The Kier molecular flexibility index (Phi) is 7.78. The number of imide groups is 1. The van der Waals surface area contributed by atoms with Gasteiger partial charge in [-0.05, 0) is 33.6 Å². The Morgan fingerprint density at radius 1 is 1.11 bits per heavy atom. The first-order valence-electron chi connectivity index (χ1n) is 9.61. The SMILES string of the molecule is O=C(N[C@H]1CN(C(=O)NS(=O)(=O)NNC(=O)c2cc(O)c(O)cc2Br)C1=O)OCc1ccccc1. The molecule has 16 heteroatoms. The third kappa shape index (κ3) is 6.58. The number of hydrazine groups is 1. The Labute approximate surface area is 206 Å². The molecule has 0 saturated carbocycles. The topological polar surface area (TPSA) is 203 Å². The number of aromatic hydroxyl groups is 2. The molecule has 2 aromatic carbocycles. The number of phenolic OH excluding ortho intramolecular Hbond substituents is 2. The Balaban J connectivity index is 1.45. The Bertz CT molecular complexity index is 1270. The van der Waals surface area contributed by atoms with Gasteiger partial charge in [0.05, 0.1) is 12.1 Å². The zero-order valence-corrected chi connectivity index (χ0v) is 19.9. The summed E-state index contributed by atoms with van der Waals surface area (Å²) in [5, 5.41) is 21.1. The molecule has 1 fully saturated rings. The molecule has 35 heavy (non-hydrogen) atoms. The van der Waals surface area contributed by atoms with E-state index in [-0.39, 0.29) is 23.2 Å². The largest absolute Gasteiger partial charge is 0.504 e. The molecule has 0 spiro atoms. The van der Waals surface area contributed by atoms with E-state index in [1.54, 1.807) is 40.6 Å². The molecule has 186 valence electrons. The number of ether oxygens (including phenoxy) is 1. The van der Waals surface area contributed by atoms with E-state index in [4.69, 9.17) is 4.74 Å². The number of β-lactam (4-membered cyclic amide) rings is 1. The molecule has 0 unspecified atom stereocenters. The molecule has 14 nitrogen and oxygen atoms in total. The minimum Gasteiger partial charge on any atom is -0.504 e. The molecule has 0 radical (unpaired) electrons. The summed E-state index contributed by atoms with van der Waals surface area (Å²) in [6.45, 7) is -0.347. The van der Waals surface area contributed by atoms with Gasteiger partial charge in [-0.15, -0.1) is 4.83 Å². The van der Waals surface area contributed by atoms with E-state index in [1.807, 2.05) is 0 Å². The van der Waals surface area contributed by atoms with Crippen molar-refractivity contribution >= 4 is 50.1 Å². The van der Waals surface area contributed by atoms with Crippen LogP contribution in [-0.4, -0.2) is 60.1 Å². The van der Waals surface area contributed by atoms with E-state index < -0.39 is 51.7 Å². The van der Waals surface area contributed by atoms with E-state index in [0.717, 1.165) is 17.7 Å². The molecule has 6 N–H and O–H groups in total. The molecule has 1 saturated heterocycles. The fourth-order valence-electron chi connectivity index (χ4n) is 2.73. The second-order valence-electron chi connectivity index (χ2n) is 7.00. The zero-order chi connectivity index (χ0) is 25.8. The summed E-state index contributed by atoms with van der Waals surface area (Å²) in [5.41, 5.74) is 2.28. The van der Waals surface area contributed by atoms with Crippen molar-refractivity contribution in [3.8, 4) is 11.5 Å². The van der Waals surface area contributed by atoms with Crippen LogP contribution in [0, 0.1) is 0 Å². The van der Waals surface area contributed by atoms with Gasteiger partial charge in [0.15, 0.2) is 11.5 Å². The molecule has 2 aromatic rings. The van der Waals surface area contributed by atoms with Crippen LogP contribution in [0.3, 0.4) is 0 Å². The minimum atomic E-state index is -4.65. The minimum absolute atomic E-state index is 0.0340. The van der Waals surface area contributed by atoms with Gasteiger partial charge < -0.3 is 20.3 Å². The summed E-state index contributed by atoms with van der Waals surface area (Å²) in [4.78, 5) is 50.2. The average Bonchev–Trinajstić information content (AvgIpc) is 2.81. The maximum Gasteiger partial charge on any atom is 0.408 e. The van der Waals surface area contributed by atoms with Crippen molar-refractivity contribution in [2.24, 2.45) is 0 Å². The number of halogens is 1. The second-order valence-corrected chi connectivity index (χ2v) is 9.26. The van der Waals surface area contributed by atoms with Gasteiger partial charge in [-0.2, -0.15) is 8.42 Å². The number of carbonyl (C=O) groups excluding carboxylic acids is 4. The molecule has 1 heterocycles. The quantitative estimate of drug-likeness (QED) is 0.152. The number of amides is 5. The number of hydrogen-bond donors (Lipinski definition) is 6. The zero-order valence-electron chi connectivity index (χ0n) is 17.5. The van der Waals surface area contributed by atoms with Gasteiger partial charge in [-0.1, -0.05) is 30.3 Å². The first-order chi connectivity index (χ1) is 16.5. The van der Waals surface area contributed by atoms with Crippen molar-refractivity contribution in [2.75, 3.05) is 6.54 Å². The Morgan fingerprint density at radius 3 is 2.43 bits per heavy atom. The first kappa shape index (κ1) is 25.7. The number of carbonyl (C=O) groups is 4. The number of nitrogens with zero attached hydrogens (tertiary/aromatic N) is 1. The highest BCUT2D eigenvalue weighted by atomic mass is 79.9. The standard InChI is InChI=1S/C19H18BrN5O9S/c20-12-7-15(27)14(26)6-11(12)16(28)22-24-35(32,33)23-18(30)25-8-13(17(25)29)21-19(31)34-9-10-4-2-1-3-5-10/h1-7,13,24,26-27H,8-9H2,(H,21,31)(H,22,28)(H,23,30)/t13-/m0/s1. The predicted octanol–water partition coefficient (Wildman–Crippen LogP) is 0.186. The summed E-state index contributed by atoms with van der Waals surface area (Å²) in [5.74, 6) is -3.05. The summed E-state index contributed by atoms with van der Waals surface area (Å²) in [6, 6.07) is 8.25. The van der Waals surface area contributed by atoms with Crippen LogP contribution in [0.4, 0.5) is 9.59 Å². The smallest absolute Gasteiger partial charge is 0.408 e. The first-order valence-corrected chi connectivity index (χ1v) is 11.9. The lowest BCUT2D eigenvalue weighted by Crippen LogP contribution is -2.68. The molecule has 1 aliphatic rings. The van der Waals surface area contributed by atoms with Crippen LogP contribution in [0.15, 0.2) is 46.9 Å². The van der Waals surface area contributed by atoms with Crippen LogP contribution >= 0.6 is 15.9 Å². The van der Waals surface area contributed by atoms with Gasteiger partial charge in [0, 0.05) is 4.47 Å². The van der Waals surface area contributed by atoms with Gasteiger partial charge in [-0.25, -0.2) is 14.3 Å². The fourth-order valence-corrected chi connectivity index (χ4v) is 3.86. The molecule has 0 aliphatic carbocycles. The highest BCUT2D eigenvalue weighted by molar-refractivity contribution is 9.10. The third-order valence-corrected chi connectivity index (χ3v) is 5.98. The van der Waals surface area contributed by atoms with Crippen LogP contribution in [-0.2, 0) is 26.3 Å². The number of urea groups is 1. The van der Waals surface area contributed by atoms with Gasteiger partial charge in [0.25, 0.3) is 11.8 Å². The number of alkyl carbamates (subject to hydrolysis) is 1. The van der Waals surface area contributed by atoms with Gasteiger partial charge in [0.2, 0.25) is 0 Å². The molecule has 0 bridgehead atoms. The van der Waals surface area contributed by atoms with Crippen LogP contribution < -0.4 is 20.3 Å². The molecule has 0 aromatic heterocycles. The summed E-state index contributed by atoms with van der Waals surface area (Å²) in [6.07, 6.45) is -0.893. The summed E-state index contributed by atoms with van der Waals surface area (Å²) in [7, 11) is -4.65. The van der Waals surface area contributed by atoms with Crippen LogP contribution in [0.5, 0.6) is 11.5 Å². The van der Waals surface area contributed by atoms with E-state index in [9.17, 15) is 37.8 Å². The van der Waals surface area contributed by atoms with E-state index in [0.29, 0.717) is 4.90 Å². The Hall–Kier alpha value is -3.89. The van der Waals surface area contributed by atoms with Crippen molar-refractivity contribution in [3.05, 3.63) is 58.1 Å². The summed E-state index contributed by atoms with van der Waals surface area (Å²) >= 11 is 2.97. The lowest BCUT2D eigenvalue weighted by Gasteiger charge is -2.36. The van der Waals surface area contributed by atoms with Crippen LogP contribution in [0.1, 0.15) is 15.9 Å². The number of rotatable bonds is 7. The lowest BCUT2D eigenvalue weighted by molar-refractivity contribution is -0.139. The fraction of sp³-hybridized carbons (Fsp3) is 0.158. The normalized spacial score (nSPS) is 15.1.